The number of piperidine rings is 1. The Morgan fingerprint density at radius 2 is 1.73 bits per heavy atom. The van der Waals surface area contributed by atoms with E-state index in [0.717, 1.165) is 16.8 Å². The molecule has 0 N–H and O–H groups in total. The number of aryl methyl sites for hydroxylation is 4. The summed E-state index contributed by atoms with van der Waals surface area (Å²) < 4.78 is 33.4. The zero-order valence-electron chi connectivity index (χ0n) is 15.7. The van der Waals surface area contributed by atoms with E-state index in [9.17, 15) is 8.42 Å². The molecule has 0 saturated carbocycles. The molecule has 1 fully saturated rings. The van der Waals surface area contributed by atoms with E-state index in [1.165, 1.54) is 0 Å². The Morgan fingerprint density at radius 3 is 2.35 bits per heavy atom. The lowest BCUT2D eigenvalue weighted by molar-refractivity contribution is 0.129. The number of aromatic nitrogens is 2. The molecule has 1 aliphatic heterocycles. The molecule has 1 aromatic heterocycles. The molecule has 0 radical (unpaired) electrons. The molecule has 0 unspecified atom stereocenters. The maximum absolute atomic E-state index is 12.9. The first-order chi connectivity index (χ1) is 12.3. The van der Waals surface area contributed by atoms with Crippen LogP contribution in [0.2, 0.25) is 0 Å². The maximum atomic E-state index is 12.9. The summed E-state index contributed by atoms with van der Waals surface area (Å²) >= 11 is 0. The Morgan fingerprint density at radius 1 is 1.04 bits per heavy atom. The molecule has 26 heavy (non-hydrogen) atoms. The lowest BCUT2D eigenvalue weighted by Gasteiger charge is -2.31. The maximum Gasteiger partial charge on any atom is 0.243 e. The second-order valence-corrected chi connectivity index (χ2v) is 8.79. The summed E-state index contributed by atoms with van der Waals surface area (Å²) in [5, 5.41) is 0. The van der Waals surface area contributed by atoms with E-state index in [1.54, 1.807) is 10.4 Å². The van der Waals surface area contributed by atoms with Crippen molar-refractivity contribution in [1.29, 1.82) is 0 Å². The van der Waals surface area contributed by atoms with E-state index in [-0.39, 0.29) is 6.10 Å². The molecule has 1 saturated heterocycles. The van der Waals surface area contributed by atoms with E-state index in [2.05, 4.69) is 9.97 Å². The standard InChI is InChI=1S/C19H25N3O3S/c1-13-5-6-18(14(2)11-13)26(23,24)22-9-7-17(8-10-22)25-19-12-15(3)20-16(4)21-19/h5-6,11-12,17H,7-10H2,1-4H3. The number of hydrogen-bond donors (Lipinski definition) is 0. The molecule has 0 bridgehead atoms. The summed E-state index contributed by atoms with van der Waals surface area (Å²) in [6.07, 6.45) is 1.26. The van der Waals surface area contributed by atoms with Crippen LogP contribution in [-0.4, -0.2) is 41.9 Å². The van der Waals surface area contributed by atoms with Gasteiger partial charge in [0.05, 0.1) is 4.90 Å². The van der Waals surface area contributed by atoms with Gasteiger partial charge in [0, 0.05) is 24.8 Å². The fourth-order valence-corrected chi connectivity index (χ4v) is 5.01. The minimum Gasteiger partial charge on any atom is -0.474 e. The molecule has 2 heterocycles. The average molecular weight is 375 g/mol. The second-order valence-electron chi connectivity index (χ2n) is 6.89. The van der Waals surface area contributed by atoms with E-state index in [1.807, 2.05) is 45.9 Å². The van der Waals surface area contributed by atoms with E-state index < -0.39 is 10.0 Å². The highest BCUT2D eigenvalue weighted by molar-refractivity contribution is 7.89. The minimum atomic E-state index is -3.47. The smallest absolute Gasteiger partial charge is 0.243 e. The summed E-state index contributed by atoms with van der Waals surface area (Å²) in [4.78, 5) is 8.93. The van der Waals surface area contributed by atoms with Gasteiger partial charge in [0.25, 0.3) is 0 Å². The zero-order chi connectivity index (χ0) is 18.9. The number of hydrogen-bond acceptors (Lipinski definition) is 5. The lowest BCUT2D eigenvalue weighted by Crippen LogP contribution is -2.42. The van der Waals surface area contributed by atoms with Crippen molar-refractivity contribution < 1.29 is 13.2 Å². The molecule has 1 aliphatic rings. The van der Waals surface area contributed by atoms with Crippen molar-refractivity contribution >= 4 is 10.0 Å². The van der Waals surface area contributed by atoms with Crippen LogP contribution in [-0.2, 0) is 10.0 Å². The van der Waals surface area contributed by atoms with Gasteiger partial charge in [-0.15, -0.1) is 0 Å². The normalized spacial score (nSPS) is 16.6. The van der Waals surface area contributed by atoms with E-state index >= 15 is 0 Å². The van der Waals surface area contributed by atoms with Crippen LogP contribution < -0.4 is 4.74 Å². The molecule has 7 heteroatoms. The SMILES string of the molecule is Cc1ccc(S(=O)(=O)N2CCC(Oc3cc(C)nc(C)n3)CC2)c(C)c1. The van der Waals surface area contributed by atoms with Crippen molar-refractivity contribution in [3.8, 4) is 5.88 Å². The Kier molecular flexibility index (Phi) is 5.29. The van der Waals surface area contributed by atoms with Crippen LogP contribution >= 0.6 is 0 Å². The van der Waals surface area contributed by atoms with Crippen molar-refractivity contribution in [2.75, 3.05) is 13.1 Å². The molecule has 0 atom stereocenters. The first-order valence-corrected chi connectivity index (χ1v) is 10.3. The molecule has 0 aliphatic carbocycles. The van der Waals surface area contributed by atoms with Crippen molar-refractivity contribution in [1.82, 2.24) is 14.3 Å². The fraction of sp³-hybridized carbons (Fsp3) is 0.474. The summed E-state index contributed by atoms with van der Waals surface area (Å²) in [5.41, 5.74) is 2.71. The van der Waals surface area contributed by atoms with Crippen molar-refractivity contribution in [2.24, 2.45) is 0 Å². The zero-order valence-corrected chi connectivity index (χ0v) is 16.5. The van der Waals surface area contributed by atoms with Crippen LogP contribution in [0.15, 0.2) is 29.2 Å². The van der Waals surface area contributed by atoms with Crippen LogP contribution in [0.3, 0.4) is 0 Å². The van der Waals surface area contributed by atoms with Crippen molar-refractivity contribution in [2.45, 2.75) is 51.5 Å². The molecule has 140 valence electrons. The largest absolute Gasteiger partial charge is 0.474 e. The van der Waals surface area contributed by atoms with Crippen molar-refractivity contribution in [3.63, 3.8) is 0 Å². The predicted octanol–water partition coefficient (Wildman–Crippen LogP) is 2.94. The summed E-state index contributed by atoms with van der Waals surface area (Å²) in [6.45, 7) is 8.44. The first kappa shape index (κ1) is 18.8. The number of sulfonamides is 1. The third kappa shape index (κ3) is 4.04. The molecule has 0 amide bonds. The molecular formula is C19H25N3O3S. The molecule has 1 aromatic carbocycles. The van der Waals surface area contributed by atoms with Crippen LogP contribution in [0.4, 0.5) is 0 Å². The van der Waals surface area contributed by atoms with E-state index in [4.69, 9.17) is 4.74 Å². The van der Waals surface area contributed by atoms with Gasteiger partial charge in [-0.2, -0.15) is 9.29 Å². The van der Waals surface area contributed by atoms with Gasteiger partial charge in [-0.1, -0.05) is 17.7 Å². The Balaban J connectivity index is 1.67. The topological polar surface area (TPSA) is 72.4 Å². The number of nitrogens with zero attached hydrogens (tertiary/aromatic N) is 3. The second kappa shape index (κ2) is 7.32. The van der Waals surface area contributed by atoms with E-state index in [0.29, 0.717) is 42.5 Å². The van der Waals surface area contributed by atoms with Gasteiger partial charge in [-0.3, -0.25) is 0 Å². The summed E-state index contributed by atoms with van der Waals surface area (Å²) in [5.74, 6) is 1.24. The van der Waals surface area contributed by atoms with Gasteiger partial charge >= 0.3 is 0 Å². The third-order valence-corrected chi connectivity index (χ3v) is 6.64. The van der Waals surface area contributed by atoms with Crippen LogP contribution in [0.25, 0.3) is 0 Å². The van der Waals surface area contributed by atoms with Gasteiger partial charge in [-0.05, 0) is 52.2 Å². The Bertz CT molecular complexity index is 884. The molecule has 0 spiro atoms. The van der Waals surface area contributed by atoms with Gasteiger partial charge in [-0.25, -0.2) is 13.4 Å². The third-order valence-electron chi connectivity index (χ3n) is 4.58. The number of ether oxygens (including phenoxy) is 1. The molecule has 6 nitrogen and oxygen atoms in total. The van der Waals surface area contributed by atoms with Gasteiger partial charge in [0.15, 0.2) is 0 Å². The highest BCUT2D eigenvalue weighted by atomic mass is 32.2. The summed E-state index contributed by atoms with van der Waals surface area (Å²) in [7, 11) is -3.47. The first-order valence-electron chi connectivity index (χ1n) is 8.82. The van der Waals surface area contributed by atoms with Crippen LogP contribution in [0.1, 0.15) is 35.5 Å². The summed E-state index contributed by atoms with van der Waals surface area (Å²) in [6, 6.07) is 7.26. The quantitative estimate of drug-likeness (QED) is 0.821. The lowest BCUT2D eigenvalue weighted by atomic mass is 10.1. The molecular weight excluding hydrogens is 350 g/mol. The van der Waals surface area contributed by atoms with Gasteiger partial charge in [0.2, 0.25) is 15.9 Å². The van der Waals surface area contributed by atoms with Gasteiger partial charge < -0.3 is 4.74 Å². The number of benzene rings is 1. The average Bonchev–Trinajstić information content (AvgIpc) is 2.54. The highest BCUT2D eigenvalue weighted by Crippen LogP contribution is 2.25. The Hall–Kier alpha value is -1.99. The van der Waals surface area contributed by atoms with Crippen LogP contribution in [0.5, 0.6) is 5.88 Å². The fourth-order valence-electron chi connectivity index (χ4n) is 3.33. The van der Waals surface area contributed by atoms with Crippen molar-refractivity contribution in [3.05, 3.63) is 46.9 Å². The highest BCUT2D eigenvalue weighted by Gasteiger charge is 2.31. The molecule has 3 rings (SSSR count). The number of rotatable bonds is 4. The molecule has 2 aromatic rings. The predicted molar refractivity (Wildman–Crippen MR) is 99.8 cm³/mol. The minimum absolute atomic E-state index is 0.0331. The van der Waals surface area contributed by atoms with Gasteiger partial charge in [0.1, 0.15) is 11.9 Å². The van der Waals surface area contributed by atoms with Crippen LogP contribution in [0, 0.1) is 27.7 Å². The Labute approximate surface area is 155 Å². The monoisotopic (exact) mass is 375 g/mol.